The molecule has 148 valence electrons. The molecule has 6 nitrogen and oxygen atoms in total. The highest BCUT2D eigenvalue weighted by Gasteiger charge is 2.20. The number of nitrogen functional groups attached to an aromatic ring is 1. The normalized spacial score (nSPS) is 11.0. The number of halogens is 2. The van der Waals surface area contributed by atoms with Gasteiger partial charge in [-0.3, -0.25) is 0 Å². The van der Waals surface area contributed by atoms with Crippen LogP contribution in [-0.4, -0.2) is 29.2 Å². The lowest BCUT2D eigenvalue weighted by molar-refractivity contribution is 0.0532. The number of nitrogens with two attached hydrogens (primary N) is 1. The van der Waals surface area contributed by atoms with Crippen LogP contribution in [0.15, 0.2) is 18.2 Å². The summed E-state index contributed by atoms with van der Waals surface area (Å²) in [6.45, 7) is 4.66. The minimum Gasteiger partial charge on any atom is -0.492 e. The first-order chi connectivity index (χ1) is 13.4. The number of nitrogens with zero attached hydrogens (tertiary/aromatic N) is 2. The Kier molecular flexibility index (Phi) is 6.59. The first-order valence-corrected chi connectivity index (χ1v) is 10.4. The zero-order valence-corrected chi connectivity index (χ0v) is 17.7. The van der Waals surface area contributed by atoms with Gasteiger partial charge < -0.3 is 15.2 Å². The number of anilines is 1. The van der Waals surface area contributed by atoms with Gasteiger partial charge in [0.25, 0.3) is 0 Å². The van der Waals surface area contributed by atoms with Crippen LogP contribution in [0, 0.1) is 0 Å². The zero-order chi connectivity index (χ0) is 20.3. The molecule has 28 heavy (non-hydrogen) atoms. The number of hydrogen-bond donors (Lipinski definition) is 1. The van der Waals surface area contributed by atoms with E-state index in [0.717, 1.165) is 12.8 Å². The summed E-state index contributed by atoms with van der Waals surface area (Å²) in [5, 5.41) is 1.47. The van der Waals surface area contributed by atoms with E-state index >= 15 is 0 Å². The van der Waals surface area contributed by atoms with E-state index in [-0.39, 0.29) is 12.6 Å². The number of carbonyl (C=O) groups excluding carboxylic acids is 1. The third-order valence-corrected chi connectivity index (χ3v) is 5.54. The number of carbonyl (C=O) groups is 1. The van der Waals surface area contributed by atoms with Crippen LogP contribution in [0.2, 0.25) is 10.0 Å². The van der Waals surface area contributed by atoms with Crippen LogP contribution in [0.4, 0.5) is 5.95 Å². The first kappa shape index (κ1) is 20.6. The first-order valence-electron chi connectivity index (χ1n) is 8.81. The molecule has 0 amide bonds. The van der Waals surface area contributed by atoms with Crippen LogP contribution in [0.25, 0.3) is 21.5 Å². The Bertz CT molecular complexity index is 1020. The van der Waals surface area contributed by atoms with Crippen LogP contribution >= 0.6 is 34.5 Å². The minimum absolute atomic E-state index is 0.0826. The van der Waals surface area contributed by atoms with Crippen LogP contribution in [0.1, 0.15) is 36.4 Å². The Morgan fingerprint density at radius 2 is 1.96 bits per heavy atom. The van der Waals surface area contributed by atoms with Crippen molar-refractivity contribution in [1.29, 1.82) is 0 Å². The van der Waals surface area contributed by atoms with Crippen molar-refractivity contribution in [2.75, 3.05) is 18.9 Å². The summed E-state index contributed by atoms with van der Waals surface area (Å²) >= 11 is 13.9. The van der Waals surface area contributed by atoms with Gasteiger partial charge in [0.05, 0.1) is 29.0 Å². The third kappa shape index (κ3) is 4.32. The Labute approximate surface area is 176 Å². The standard InChI is InChI=1S/C19H19Cl2N3O3S/c1-3-5-6-27-14-7-10(12(20)9-13(14)21)16-11-8-15(18(25)26-4-2)28-17(11)24-19(22)23-16/h7-9H,3-6H2,1-2H3,(H2,22,23,24). The Morgan fingerprint density at radius 1 is 1.18 bits per heavy atom. The molecule has 0 spiro atoms. The van der Waals surface area contributed by atoms with E-state index in [9.17, 15) is 4.79 Å². The fraction of sp³-hybridized carbons (Fsp3) is 0.316. The summed E-state index contributed by atoms with van der Waals surface area (Å²) in [6.07, 6.45) is 1.92. The van der Waals surface area contributed by atoms with E-state index in [1.807, 2.05) is 0 Å². The molecule has 3 aromatic rings. The lowest BCUT2D eigenvalue weighted by Crippen LogP contribution is -2.01. The van der Waals surface area contributed by atoms with Gasteiger partial charge in [0.1, 0.15) is 15.5 Å². The molecule has 2 aromatic heterocycles. The molecule has 9 heteroatoms. The average Bonchev–Trinajstić information content (AvgIpc) is 3.07. The Balaban J connectivity index is 2.12. The number of thiophene rings is 1. The van der Waals surface area contributed by atoms with Gasteiger partial charge in [-0.2, -0.15) is 0 Å². The fourth-order valence-corrected chi connectivity index (χ4v) is 4.05. The van der Waals surface area contributed by atoms with Crippen molar-refractivity contribution in [3.63, 3.8) is 0 Å². The molecule has 0 atom stereocenters. The largest absolute Gasteiger partial charge is 0.492 e. The molecule has 1 aromatic carbocycles. The molecule has 0 fully saturated rings. The SMILES string of the molecule is CCCCOc1cc(-c2nc(N)nc3sc(C(=O)OCC)cc23)c(Cl)cc1Cl. The monoisotopic (exact) mass is 439 g/mol. The van der Waals surface area contributed by atoms with E-state index in [2.05, 4.69) is 16.9 Å². The lowest BCUT2D eigenvalue weighted by atomic mass is 10.1. The second-order valence-corrected chi connectivity index (χ2v) is 7.79. The fourth-order valence-electron chi connectivity index (χ4n) is 2.59. The minimum atomic E-state index is -0.416. The molecule has 0 saturated carbocycles. The number of fused-ring (bicyclic) bond motifs is 1. The molecule has 0 aliphatic rings. The molecule has 0 radical (unpaired) electrons. The quantitative estimate of drug-likeness (QED) is 0.380. The number of benzene rings is 1. The van der Waals surface area contributed by atoms with Crippen LogP contribution < -0.4 is 10.5 Å². The van der Waals surface area contributed by atoms with Gasteiger partial charge in [0, 0.05) is 10.9 Å². The van der Waals surface area contributed by atoms with Crippen molar-refractivity contribution < 1.29 is 14.3 Å². The predicted octanol–water partition coefficient (Wildman–Crippen LogP) is 5.60. The lowest BCUT2D eigenvalue weighted by Gasteiger charge is -2.12. The van der Waals surface area contributed by atoms with Gasteiger partial charge in [0.15, 0.2) is 0 Å². The maximum absolute atomic E-state index is 12.1. The summed E-state index contributed by atoms with van der Waals surface area (Å²) < 4.78 is 10.9. The molecule has 2 N–H and O–H groups in total. The highest BCUT2D eigenvalue weighted by molar-refractivity contribution is 7.20. The average molecular weight is 440 g/mol. The Hall–Kier alpha value is -2.09. The van der Waals surface area contributed by atoms with E-state index in [1.165, 1.54) is 11.3 Å². The van der Waals surface area contributed by atoms with Crippen LogP contribution in [-0.2, 0) is 4.74 Å². The van der Waals surface area contributed by atoms with E-state index in [1.54, 1.807) is 25.1 Å². The molecule has 2 heterocycles. The summed E-state index contributed by atoms with van der Waals surface area (Å²) in [5.41, 5.74) is 7.00. The summed E-state index contributed by atoms with van der Waals surface area (Å²) in [5.74, 6) is 0.181. The van der Waals surface area contributed by atoms with Gasteiger partial charge in [-0.15, -0.1) is 11.3 Å². The molecule has 0 aliphatic heterocycles. The number of hydrogen-bond acceptors (Lipinski definition) is 7. The molecular formula is C19H19Cl2N3O3S. The highest BCUT2D eigenvalue weighted by atomic mass is 35.5. The second kappa shape index (κ2) is 8.94. The van der Waals surface area contributed by atoms with Crippen LogP contribution in [0.3, 0.4) is 0 Å². The maximum Gasteiger partial charge on any atom is 0.348 e. The van der Waals surface area contributed by atoms with Gasteiger partial charge in [0.2, 0.25) is 5.95 Å². The highest BCUT2D eigenvalue weighted by Crippen LogP contribution is 2.40. The summed E-state index contributed by atoms with van der Waals surface area (Å²) in [7, 11) is 0. The molecular weight excluding hydrogens is 421 g/mol. The van der Waals surface area contributed by atoms with Crippen molar-refractivity contribution in [2.45, 2.75) is 26.7 Å². The smallest absolute Gasteiger partial charge is 0.348 e. The van der Waals surface area contributed by atoms with Crippen molar-refractivity contribution in [1.82, 2.24) is 9.97 Å². The van der Waals surface area contributed by atoms with E-state index in [4.69, 9.17) is 38.4 Å². The van der Waals surface area contributed by atoms with E-state index in [0.29, 0.717) is 48.8 Å². The van der Waals surface area contributed by atoms with Gasteiger partial charge in [-0.05, 0) is 31.5 Å². The number of ether oxygens (including phenoxy) is 2. The number of aromatic nitrogens is 2. The van der Waals surface area contributed by atoms with Gasteiger partial charge >= 0.3 is 5.97 Å². The van der Waals surface area contributed by atoms with Crippen LogP contribution in [0.5, 0.6) is 5.75 Å². The number of esters is 1. The van der Waals surface area contributed by atoms with Gasteiger partial charge in [-0.1, -0.05) is 36.5 Å². The second-order valence-electron chi connectivity index (χ2n) is 5.94. The molecule has 0 unspecified atom stereocenters. The van der Waals surface area contributed by atoms with Crippen molar-refractivity contribution in [2.24, 2.45) is 0 Å². The Morgan fingerprint density at radius 3 is 2.68 bits per heavy atom. The topological polar surface area (TPSA) is 87.3 Å². The summed E-state index contributed by atoms with van der Waals surface area (Å²) in [4.78, 5) is 21.7. The van der Waals surface area contributed by atoms with Crippen molar-refractivity contribution in [3.05, 3.63) is 33.1 Å². The zero-order valence-electron chi connectivity index (χ0n) is 15.4. The van der Waals surface area contributed by atoms with Crippen molar-refractivity contribution in [3.8, 4) is 17.0 Å². The van der Waals surface area contributed by atoms with Gasteiger partial charge in [-0.25, -0.2) is 14.8 Å². The molecule has 3 rings (SSSR count). The number of rotatable bonds is 7. The van der Waals surface area contributed by atoms with E-state index < -0.39 is 5.97 Å². The maximum atomic E-state index is 12.1. The summed E-state index contributed by atoms with van der Waals surface area (Å²) in [6, 6.07) is 5.04. The van der Waals surface area contributed by atoms with Crippen molar-refractivity contribution >= 4 is 56.7 Å². The predicted molar refractivity (Wildman–Crippen MR) is 114 cm³/mol. The molecule has 0 aliphatic carbocycles. The number of unbranched alkanes of at least 4 members (excludes halogenated alkanes) is 1. The molecule has 0 saturated heterocycles. The molecule has 0 bridgehead atoms. The third-order valence-electron chi connectivity index (χ3n) is 3.92.